The van der Waals surface area contributed by atoms with Crippen LogP contribution in [0.25, 0.3) is 0 Å². The quantitative estimate of drug-likeness (QED) is 0.800. The number of fused-ring (bicyclic) bond motifs is 1. The first-order chi connectivity index (χ1) is 11.5. The number of hydrogen-bond donors (Lipinski definition) is 0. The van der Waals surface area contributed by atoms with E-state index in [9.17, 15) is 9.00 Å². The van der Waals surface area contributed by atoms with Crippen LogP contribution in [-0.2, 0) is 34.2 Å². The van der Waals surface area contributed by atoms with E-state index in [2.05, 4.69) is 24.0 Å². The predicted molar refractivity (Wildman–Crippen MR) is 92.1 cm³/mol. The molecule has 0 fully saturated rings. The van der Waals surface area contributed by atoms with Gasteiger partial charge in [-0.1, -0.05) is 37.2 Å². The standard InChI is InChI=1S/C17H21N3O3S/c1-12(2)9-15-18-16(23-19-15)10-24(22)11-17(21)20-8-7-13-5-3-4-6-14(13)20/h3-6,12H,7-11H2,1-2H3. The lowest BCUT2D eigenvalue weighted by molar-refractivity contribution is -0.116. The monoisotopic (exact) mass is 347 g/mol. The van der Waals surface area contributed by atoms with E-state index in [0.29, 0.717) is 24.2 Å². The van der Waals surface area contributed by atoms with Gasteiger partial charge in [-0.2, -0.15) is 4.98 Å². The Morgan fingerprint density at radius 1 is 1.38 bits per heavy atom. The highest BCUT2D eigenvalue weighted by molar-refractivity contribution is 7.84. The molecule has 128 valence electrons. The van der Waals surface area contributed by atoms with Gasteiger partial charge >= 0.3 is 0 Å². The maximum atomic E-state index is 12.4. The molecule has 1 atom stereocenters. The number of anilines is 1. The maximum Gasteiger partial charge on any atom is 0.239 e. The number of hydrogen-bond acceptors (Lipinski definition) is 5. The molecule has 1 amide bonds. The fraction of sp³-hybridized carbons (Fsp3) is 0.471. The topological polar surface area (TPSA) is 76.3 Å². The molecule has 3 rings (SSSR count). The predicted octanol–water partition coefficient (Wildman–Crippen LogP) is 2.11. The van der Waals surface area contributed by atoms with Gasteiger partial charge in [-0.25, -0.2) is 0 Å². The van der Waals surface area contributed by atoms with Crippen LogP contribution >= 0.6 is 0 Å². The van der Waals surface area contributed by atoms with Crippen molar-refractivity contribution in [2.24, 2.45) is 5.92 Å². The van der Waals surface area contributed by atoms with Gasteiger partial charge < -0.3 is 9.42 Å². The summed E-state index contributed by atoms with van der Waals surface area (Å²) < 4.78 is 17.4. The van der Waals surface area contributed by atoms with Gasteiger partial charge in [-0.05, 0) is 24.0 Å². The molecule has 0 saturated carbocycles. The van der Waals surface area contributed by atoms with Gasteiger partial charge in [0.05, 0.1) is 0 Å². The van der Waals surface area contributed by atoms with E-state index in [-0.39, 0.29) is 17.4 Å². The van der Waals surface area contributed by atoms with E-state index < -0.39 is 10.8 Å². The van der Waals surface area contributed by atoms with E-state index in [1.54, 1.807) is 4.90 Å². The second kappa shape index (κ2) is 7.25. The summed E-state index contributed by atoms with van der Waals surface area (Å²) in [4.78, 5) is 18.4. The Morgan fingerprint density at radius 3 is 2.96 bits per heavy atom. The first-order valence-electron chi connectivity index (χ1n) is 8.07. The van der Waals surface area contributed by atoms with Gasteiger partial charge in [0.15, 0.2) is 5.82 Å². The molecule has 1 aromatic heterocycles. The molecule has 1 aromatic carbocycles. The molecule has 0 N–H and O–H groups in total. The van der Waals surface area contributed by atoms with Gasteiger partial charge in [-0.3, -0.25) is 9.00 Å². The van der Waals surface area contributed by atoms with Crippen LogP contribution in [0.4, 0.5) is 5.69 Å². The van der Waals surface area contributed by atoms with Crippen molar-refractivity contribution < 1.29 is 13.5 Å². The lowest BCUT2D eigenvalue weighted by Crippen LogP contribution is -2.33. The second-order valence-corrected chi connectivity index (χ2v) is 7.81. The summed E-state index contributed by atoms with van der Waals surface area (Å²) in [5, 5.41) is 3.88. The molecular formula is C17H21N3O3S. The van der Waals surface area contributed by atoms with Gasteiger partial charge in [-0.15, -0.1) is 0 Å². The Hall–Kier alpha value is -2.02. The molecule has 7 heteroatoms. The summed E-state index contributed by atoms with van der Waals surface area (Å²) in [6, 6.07) is 7.83. The zero-order valence-electron chi connectivity index (χ0n) is 13.9. The molecule has 0 saturated heterocycles. The molecule has 0 bridgehead atoms. The molecule has 1 unspecified atom stereocenters. The van der Waals surface area contributed by atoms with Crippen molar-refractivity contribution in [3.8, 4) is 0 Å². The van der Waals surface area contributed by atoms with Crippen LogP contribution in [0, 0.1) is 5.92 Å². The van der Waals surface area contributed by atoms with Gasteiger partial charge in [0.2, 0.25) is 11.8 Å². The lowest BCUT2D eigenvalue weighted by atomic mass is 10.1. The molecule has 0 spiro atoms. The number of aromatic nitrogens is 2. The number of carbonyl (C=O) groups excluding carboxylic acids is 1. The highest BCUT2D eigenvalue weighted by Crippen LogP contribution is 2.27. The normalized spacial score (nSPS) is 14.9. The largest absolute Gasteiger partial charge is 0.338 e. The zero-order chi connectivity index (χ0) is 17.1. The van der Waals surface area contributed by atoms with Crippen LogP contribution in [0.15, 0.2) is 28.8 Å². The van der Waals surface area contributed by atoms with E-state index in [4.69, 9.17) is 4.52 Å². The number of carbonyl (C=O) groups is 1. The SMILES string of the molecule is CC(C)Cc1noc(CS(=O)CC(=O)N2CCc3ccccc32)n1. The van der Waals surface area contributed by atoms with Crippen molar-refractivity contribution in [2.75, 3.05) is 17.2 Å². The summed E-state index contributed by atoms with van der Waals surface area (Å²) >= 11 is 0. The van der Waals surface area contributed by atoms with Crippen LogP contribution in [0.5, 0.6) is 0 Å². The van der Waals surface area contributed by atoms with Crippen LogP contribution in [0.1, 0.15) is 31.1 Å². The zero-order valence-corrected chi connectivity index (χ0v) is 14.7. The van der Waals surface area contributed by atoms with Crippen molar-refractivity contribution >= 4 is 22.4 Å². The minimum Gasteiger partial charge on any atom is -0.338 e. The molecule has 1 aliphatic heterocycles. The number of nitrogens with zero attached hydrogens (tertiary/aromatic N) is 3. The Balaban J connectivity index is 1.57. The third kappa shape index (κ3) is 3.90. The molecule has 0 radical (unpaired) electrons. The Kier molecular flexibility index (Phi) is 5.08. The fourth-order valence-electron chi connectivity index (χ4n) is 2.80. The number of para-hydroxylation sites is 1. The van der Waals surface area contributed by atoms with Gasteiger partial charge in [0.1, 0.15) is 11.5 Å². The van der Waals surface area contributed by atoms with E-state index >= 15 is 0 Å². The summed E-state index contributed by atoms with van der Waals surface area (Å²) in [7, 11) is -1.36. The third-order valence-electron chi connectivity index (χ3n) is 3.86. The Labute approximate surface area is 143 Å². The first-order valence-corrected chi connectivity index (χ1v) is 9.56. The van der Waals surface area contributed by atoms with Gasteiger partial charge in [0, 0.05) is 29.5 Å². The summed E-state index contributed by atoms with van der Waals surface area (Å²) in [6.45, 7) is 4.79. The van der Waals surface area contributed by atoms with Crippen LogP contribution in [-0.4, -0.2) is 32.6 Å². The number of rotatable bonds is 6. The molecular weight excluding hydrogens is 326 g/mol. The van der Waals surface area contributed by atoms with Crippen molar-refractivity contribution in [3.63, 3.8) is 0 Å². The number of amides is 1. The molecule has 0 aliphatic carbocycles. The van der Waals surface area contributed by atoms with Crippen LogP contribution in [0.2, 0.25) is 0 Å². The summed E-state index contributed by atoms with van der Waals surface area (Å²) in [5.41, 5.74) is 2.09. The highest BCUT2D eigenvalue weighted by Gasteiger charge is 2.25. The molecule has 2 aromatic rings. The fourth-order valence-corrected chi connectivity index (χ4v) is 3.72. The van der Waals surface area contributed by atoms with Crippen molar-refractivity contribution in [3.05, 3.63) is 41.5 Å². The molecule has 1 aliphatic rings. The maximum absolute atomic E-state index is 12.4. The smallest absolute Gasteiger partial charge is 0.239 e. The van der Waals surface area contributed by atoms with Gasteiger partial charge in [0.25, 0.3) is 0 Å². The third-order valence-corrected chi connectivity index (χ3v) is 5.00. The Morgan fingerprint density at radius 2 is 2.17 bits per heavy atom. The molecule has 6 nitrogen and oxygen atoms in total. The first kappa shape index (κ1) is 16.8. The van der Waals surface area contributed by atoms with Crippen molar-refractivity contribution in [1.82, 2.24) is 10.1 Å². The molecule has 24 heavy (non-hydrogen) atoms. The molecule has 2 heterocycles. The summed E-state index contributed by atoms with van der Waals surface area (Å²) in [5.74, 6) is 1.34. The van der Waals surface area contributed by atoms with E-state index in [1.807, 2.05) is 24.3 Å². The van der Waals surface area contributed by atoms with Crippen molar-refractivity contribution in [1.29, 1.82) is 0 Å². The minimum absolute atomic E-state index is 0.0315. The van der Waals surface area contributed by atoms with Crippen molar-refractivity contribution in [2.45, 2.75) is 32.4 Å². The van der Waals surface area contributed by atoms with E-state index in [0.717, 1.165) is 24.1 Å². The Bertz CT molecular complexity index is 757. The average molecular weight is 347 g/mol. The van der Waals surface area contributed by atoms with Crippen LogP contribution < -0.4 is 4.90 Å². The minimum atomic E-state index is -1.36. The van der Waals surface area contributed by atoms with E-state index in [1.165, 1.54) is 0 Å². The summed E-state index contributed by atoms with van der Waals surface area (Å²) in [6.07, 6.45) is 1.57. The van der Waals surface area contributed by atoms with Crippen LogP contribution in [0.3, 0.4) is 0 Å². The lowest BCUT2D eigenvalue weighted by Gasteiger charge is -2.16. The highest BCUT2D eigenvalue weighted by atomic mass is 32.2. The average Bonchev–Trinajstić information content (AvgIpc) is 3.13. The second-order valence-electron chi connectivity index (χ2n) is 6.35. The number of benzene rings is 1.